The first-order chi connectivity index (χ1) is 13.4. The fourth-order valence-corrected chi connectivity index (χ4v) is 3.52. The number of hydrogen-bond donors (Lipinski definition) is 0. The van der Waals surface area contributed by atoms with E-state index in [1.165, 1.54) is 11.9 Å². The molecule has 1 rings (SSSR count). The third-order valence-electron chi connectivity index (χ3n) is 4.06. The third-order valence-corrected chi connectivity index (χ3v) is 4.66. The summed E-state index contributed by atoms with van der Waals surface area (Å²) in [5.41, 5.74) is -1.45. The molecule has 11 heteroatoms. The Morgan fingerprint density at radius 1 is 1.13 bits per heavy atom. The SMILES string of the molecule is CN(CCC(OS(C)(=O)=O)C1CCN(C(=O)OC(C)(C)C)C1=O)C(=O)OC(C)(C)C. The Morgan fingerprint density at radius 2 is 1.67 bits per heavy atom. The van der Waals surface area contributed by atoms with Crippen LogP contribution in [0, 0.1) is 5.92 Å². The van der Waals surface area contributed by atoms with Crippen molar-refractivity contribution in [3.63, 3.8) is 0 Å². The zero-order valence-corrected chi connectivity index (χ0v) is 19.9. The maximum atomic E-state index is 12.8. The minimum absolute atomic E-state index is 0.0708. The second-order valence-corrected chi connectivity index (χ2v) is 11.0. The minimum Gasteiger partial charge on any atom is -0.444 e. The molecule has 0 aromatic heterocycles. The molecular weight excluding hydrogens is 416 g/mol. The number of hydrogen-bond acceptors (Lipinski definition) is 8. The van der Waals surface area contributed by atoms with E-state index in [9.17, 15) is 22.8 Å². The Morgan fingerprint density at radius 3 is 2.13 bits per heavy atom. The quantitative estimate of drug-likeness (QED) is 0.566. The first-order valence-electron chi connectivity index (χ1n) is 9.76. The zero-order valence-electron chi connectivity index (χ0n) is 19.1. The molecule has 174 valence electrons. The molecule has 1 saturated heterocycles. The average molecular weight is 451 g/mol. The first kappa shape index (κ1) is 26.2. The van der Waals surface area contributed by atoms with Gasteiger partial charge in [0.25, 0.3) is 10.1 Å². The highest BCUT2D eigenvalue weighted by atomic mass is 32.2. The summed E-state index contributed by atoms with van der Waals surface area (Å²) >= 11 is 0. The summed E-state index contributed by atoms with van der Waals surface area (Å²) in [6.45, 7) is 10.5. The zero-order chi connectivity index (χ0) is 23.5. The van der Waals surface area contributed by atoms with Crippen molar-refractivity contribution in [3.05, 3.63) is 0 Å². The number of likely N-dealkylation sites (tertiary alicyclic amines) is 1. The summed E-state index contributed by atoms with van der Waals surface area (Å²) in [6, 6.07) is 0. The largest absolute Gasteiger partial charge is 0.444 e. The summed E-state index contributed by atoms with van der Waals surface area (Å²) in [6.07, 6.45) is -1.18. The Bertz CT molecular complexity index is 751. The predicted octanol–water partition coefficient (Wildman–Crippen LogP) is 2.37. The highest BCUT2D eigenvalue weighted by Crippen LogP contribution is 2.28. The van der Waals surface area contributed by atoms with Gasteiger partial charge in [-0.1, -0.05) is 0 Å². The average Bonchev–Trinajstić information content (AvgIpc) is 2.88. The van der Waals surface area contributed by atoms with E-state index in [1.54, 1.807) is 41.5 Å². The van der Waals surface area contributed by atoms with Crippen LogP contribution in [-0.2, 0) is 28.6 Å². The summed E-state index contributed by atoms with van der Waals surface area (Å²) in [7, 11) is -2.36. The molecule has 1 aliphatic heterocycles. The molecule has 1 heterocycles. The monoisotopic (exact) mass is 450 g/mol. The van der Waals surface area contributed by atoms with Gasteiger partial charge in [0, 0.05) is 20.1 Å². The minimum atomic E-state index is -3.87. The lowest BCUT2D eigenvalue weighted by atomic mass is 9.98. The highest BCUT2D eigenvalue weighted by molar-refractivity contribution is 7.86. The van der Waals surface area contributed by atoms with E-state index in [0.717, 1.165) is 11.2 Å². The molecule has 0 aromatic rings. The van der Waals surface area contributed by atoms with E-state index in [1.807, 2.05) is 0 Å². The van der Waals surface area contributed by atoms with Gasteiger partial charge in [-0.05, 0) is 54.4 Å². The molecule has 10 nitrogen and oxygen atoms in total. The maximum absolute atomic E-state index is 12.8. The molecule has 2 atom stereocenters. The summed E-state index contributed by atoms with van der Waals surface area (Å²) < 4.78 is 39.1. The summed E-state index contributed by atoms with van der Waals surface area (Å²) in [5, 5.41) is 0. The second kappa shape index (κ2) is 9.51. The molecular formula is C19H34N2O8S. The van der Waals surface area contributed by atoms with Crippen molar-refractivity contribution >= 4 is 28.2 Å². The fourth-order valence-electron chi connectivity index (χ4n) is 2.84. The van der Waals surface area contributed by atoms with Gasteiger partial charge in [-0.3, -0.25) is 8.98 Å². The first-order valence-corrected chi connectivity index (χ1v) is 11.6. The lowest BCUT2D eigenvalue weighted by Gasteiger charge is -2.27. The van der Waals surface area contributed by atoms with Crippen LogP contribution in [0.4, 0.5) is 9.59 Å². The molecule has 0 spiro atoms. The van der Waals surface area contributed by atoms with Gasteiger partial charge in [0.05, 0.1) is 18.3 Å². The molecule has 0 bridgehead atoms. The number of carbonyl (C=O) groups excluding carboxylic acids is 3. The van der Waals surface area contributed by atoms with E-state index in [0.29, 0.717) is 0 Å². The van der Waals surface area contributed by atoms with Crippen molar-refractivity contribution in [3.8, 4) is 0 Å². The standard InChI is InChI=1S/C19H34N2O8S/c1-18(2,3)27-16(23)20(7)11-10-14(29-30(8,25)26)13-9-12-21(15(13)22)17(24)28-19(4,5)6/h13-14H,9-12H2,1-8H3. The number of ether oxygens (including phenoxy) is 2. The Kier molecular flexibility index (Phi) is 8.29. The van der Waals surface area contributed by atoms with E-state index < -0.39 is 51.4 Å². The lowest BCUT2D eigenvalue weighted by Crippen LogP contribution is -2.42. The van der Waals surface area contributed by atoms with Crippen molar-refractivity contribution in [2.24, 2.45) is 5.92 Å². The predicted molar refractivity (Wildman–Crippen MR) is 109 cm³/mol. The summed E-state index contributed by atoms with van der Waals surface area (Å²) in [4.78, 5) is 39.4. The number of imide groups is 1. The van der Waals surface area contributed by atoms with Crippen molar-refractivity contribution in [2.45, 2.75) is 71.7 Å². The van der Waals surface area contributed by atoms with Crippen LogP contribution in [0.2, 0.25) is 0 Å². The highest BCUT2D eigenvalue weighted by Gasteiger charge is 2.43. The molecule has 0 aliphatic carbocycles. The Hall–Kier alpha value is -1.88. The fraction of sp³-hybridized carbons (Fsp3) is 0.842. The molecule has 1 fully saturated rings. The van der Waals surface area contributed by atoms with Crippen molar-refractivity contribution in [2.75, 3.05) is 26.4 Å². The van der Waals surface area contributed by atoms with Crippen LogP contribution < -0.4 is 0 Å². The van der Waals surface area contributed by atoms with Crippen LogP contribution in [0.3, 0.4) is 0 Å². The van der Waals surface area contributed by atoms with Gasteiger partial charge >= 0.3 is 12.2 Å². The van der Waals surface area contributed by atoms with Gasteiger partial charge in [-0.15, -0.1) is 0 Å². The van der Waals surface area contributed by atoms with Crippen molar-refractivity contribution < 1.29 is 36.5 Å². The molecule has 30 heavy (non-hydrogen) atoms. The van der Waals surface area contributed by atoms with Gasteiger partial charge in [0.2, 0.25) is 5.91 Å². The van der Waals surface area contributed by atoms with Gasteiger partial charge in [0.15, 0.2) is 0 Å². The van der Waals surface area contributed by atoms with E-state index in [4.69, 9.17) is 13.7 Å². The van der Waals surface area contributed by atoms with Gasteiger partial charge in [-0.2, -0.15) is 8.42 Å². The van der Waals surface area contributed by atoms with Crippen LogP contribution in [0.25, 0.3) is 0 Å². The van der Waals surface area contributed by atoms with Crippen LogP contribution in [0.1, 0.15) is 54.4 Å². The third kappa shape index (κ3) is 8.86. The second-order valence-electron chi connectivity index (χ2n) is 9.39. The Balaban J connectivity index is 2.87. The number of amides is 3. The number of nitrogens with zero attached hydrogens (tertiary/aromatic N) is 2. The van der Waals surface area contributed by atoms with Crippen LogP contribution in [-0.4, -0.2) is 80.0 Å². The number of rotatable bonds is 6. The van der Waals surface area contributed by atoms with Crippen LogP contribution >= 0.6 is 0 Å². The molecule has 3 amide bonds. The van der Waals surface area contributed by atoms with E-state index >= 15 is 0 Å². The van der Waals surface area contributed by atoms with E-state index in [2.05, 4.69) is 0 Å². The smallest absolute Gasteiger partial charge is 0.417 e. The molecule has 0 N–H and O–H groups in total. The van der Waals surface area contributed by atoms with Gasteiger partial charge in [0.1, 0.15) is 11.2 Å². The van der Waals surface area contributed by atoms with Crippen molar-refractivity contribution in [1.29, 1.82) is 0 Å². The van der Waals surface area contributed by atoms with Crippen molar-refractivity contribution in [1.82, 2.24) is 9.80 Å². The maximum Gasteiger partial charge on any atom is 0.417 e. The van der Waals surface area contributed by atoms with Gasteiger partial charge in [-0.25, -0.2) is 14.5 Å². The number of carbonyl (C=O) groups is 3. The van der Waals surface area contributed by atoms with Gasteiger partial charge < -0.3 is 14.4 Å². The lowest BCUT2D eigenvalue weighted by molar-refractivity contribution is -0.132. The Labute approximate surface area is 178 Å². The molecule has 0 radical (unpaired) electrons. The molecule has 0 saturated carbocycles. The summed E-state index contributed by atoms with van der Waals surface area (Å²) in [5.74, 6) is -1.41. The topological polar surface area (TPSA) is 120 Å². The van der Waals surface area contributed by atoms with Crippen LogP contribution in [0.15, 0.2) is 0 Å². The normalized spacial score (nSPS) is 18.9. The van der Waals surface area contributed by atoms with Crippen LogP contribution in [0.5, 0.6) is 0 Å². The molecule has 0 aromatic carbocycles. The van der Waals surface area contributed by atoms with E-state index in [-0.39, 0.29) is 25.9 Å². The molecule has 2 unspecified atom stereocenters. The molecule has 1 aliphatic rings.